The second-order valence-corrected chi connectivity index (χ2v) is 3.20. The fourth-order valence-corrected chi connectivity index (χ4v) is 1.35. The van der Waals surface area contributed by atoms with E-state index in [4.69, 9.17) is 15.2 Å². The van der Waals surface area contributed by atoms with Crippen LogP contribution in [0.25, 0.3) is 0 Å². The predicted molar refractivity (Wildman–Crippen MR) is 49.6 cm³/mol. The van der Waals surface area contributed by atoms with Gasteiger partial charge in [0.25, 0.3) is 0 Å². The smallest absolute Gasteiger partial charge is 0.211 e. The van der Waals surface area contributed by atoms with Crippen LogP contribution in [0.1, 0.15) is 10.4 Å². The zero-order valence-corrected chi connectivity index (χ0v) is 7.60. The molecule has 2 rings (SSSR count). The SMILES string of the molecule is NC1(C(=O)c2ccccc2)COCO1. The Kier molecular flexibility index (Phi) is 2.33. The Hall–Kier alpha value is -1.23. The molecule has 1 aliphatic rings. The van der Waals surface area contributed by atoms with Gasteiger partial charge in [0.05, 0.1) is 6.61 Å². The van der Waals surface area contributed by atoms with Crippen molar-refractivity contribution in [2.75, 3.05) is 13.4 Å². The molecule has 1 aromatic rings. The van der Waals surface area contributed by atoms with Crippen LogP contribution in [0.4, 0.5) is 0 Å². The summed E-state index contributed by atoms with van der Waals surface area (Å²) in [5, 5.41) is 0. The first-order chi connectivity index (χ1) is 6.72. The minimum atomic E-state index is -1.30. The van der Waals surface area contributed by atoms with Gasteiger partial charge in [-0.25, -0.2) is 0 Å². The number of hydrogen-bond donors (Lipinski definition) is 1. The molecule has 74 valence electrons. The van der Waals surface area contributed by atoms with Crippen molar-refractivity contribution in [1.29, 1.82) is 0 Å². The number of ketones is 1. The molecule has 1 unspecified atom stereocenters. The molecule has 1 aromatic carbocycles. The summed E-state index contributed by atoms with van der Waals surface area (Å²) in [5.41, 5.74) is 4.98. The lowest BCUT2D eigenvalue weighted by atomic mass is 10.0. The number of Topliss-reactive ketones (excluding diaryl/α,β-unsaturated/α-hetero) is 1. The molecule has 0 aliphatic carbocycles. The molecule has 0 bridgehead atoms. The normalized spacial score (nSPS) is 26.4. The lowest BCUT2D eigenvalue weighted by Gasteiger charge is -2.18. The molecule has 2 N–H and O–H groups in total. The summed E-state index contributed by atoms with van der Waals surface area (Å²) < 4.78 is 10.00. The molecule has 0 spiro atoms. The highest BCUT2D eigenvalue weighted by molar-refractivity contribution is 6.02. The van der Waals surface area contributed by atoms with Gasteiger partial charge in [0.2, 0.25) is 11.5 Å². The third-order valence-corrected chi connectivity index (χ3v) is 2.14. The standard InChI is InChI=1S/C10H11NO3/c11-10(6-13-7-14-10)9(12)8-4-2-1-3-5-8/h1-5H,6-7,11H2. The fourth-order valence-electron chi connectivity index (χ4n) is 1.35. The van der Waals surface area contributed by atoms with Gasteiger partial charge in [-0.3, -0.25) is 10.5 Å². The van der Waals surface area contributed by atoms with E-state index in [1.165, 1.54) is 0 Å². The zero-order chi connectivity index (χ0) is 10.0. The number of ether oxygens (including phenoxy) is 2. The molecule has 14 heavy (non-hydrogen) atoms. The first-order valence-electron chi connectivity index (χ1n) is 4.33. The van der Waals surface area contributed by atoms with Gasteiger partial charge in [0, 0.05) is 5.56 Å². The van der Waals surface area contributed by atoms with E-state index in [0.717, 1.165) is 0 Å². The number of carbonyl (C=O) groups is 1. The van der Waals surface area contributed by atoms with Gasteiger partial charge >= 0.3 is 0 Å². The number of carbonyl (C=O) groups excluding carboxylic acids is 1. The molecular weight excluding hydrogens is 182 g/mol. The van der Waals surface area contributed by atoms with Crippen LogP contribution in [-0.2, 0) is 9.47 Å². The Morgan fingerprint density at radius 2 is 2.07 bits per heavy atom. The Morgan fingerprint density at radius 3 is 2.64 bits per heavy atom. The van der Waals surface area contributed by atoms with Gasteiger partial charge < -0.3 is 9.47 Å². The van der Waals surface area contributed by atoms with Crippen molar-refractivity contribution in [1.82, 2.24) is 0 Å². The maximum absolute atomic E-state index is 11.8. The number of rotatable bonds is 2. The zero-order valence-electron chi connectivity index (χ0n) is 7.60. The second-order valence-electron chi connectivity index (χ2n) is 3.20. The van der Waals surface area contributed by atoms with Gasteiger partial charge in [0.15, 0.2) is 0 Å². The maximum atomic E-state index is 11.8. The van der Waals surface area contributed by atoms with Crippen molar-refractivity contribution in [2.45, 2.75) is 5.72 Å². The quantitative estimate of drug-likeness (QED) is 0.696. The van der Waals surface area contributed by atoms with E-state index in [0.29, 0.717) is 5.56 Å². The monoisotopic (exact) mass is 193 g/mol. The third kappa shape index (κ3) is 1.55. The number of benzene rings is 1. The molecule has 0 radical (unpaired) electrons. The predicted octanol–water partition coefficient (Wildman–Crippen LogP) is 0.529. The highest BCUT2D eigenvalue weighted by Crippen LogP contribution is 2.17. The van der Waals surface area contributed by atoms with Crippen molar-refractivity contribution in [3.05, 3.63) is 35.9 Å². The molecule has 4 heteroatoms. The highest BCUT2D eigenvalue weighted by Gasteiger charge is 2.40. The summed E-state index contributed by atoms with van der Waals surface area (Å²) >= 11 is 0. The molecule has 0 aromatic heterocycles. The molecule has 1 fully saturated rings. The van der Waals surface area contributed by atoms with Gasteiger partial charge in [-0.1, -0.05) is 30.3 Å². The minimum absolute atomic E-state index is 0.0784. The van der Waals surface area contributed by atoms with E-state index in [1.807, 2.05) is 6.07 Å². The average Bonchev–Trinajstić information content (AvgIpc) is 2.67. The van der Waals surface area contributed by atoms with E-state index in [-0.39, 0.29) is 19.2 Å². The molecule has 0 amide bonds. The van der Waals surface area contributed by atoms with Crippen molar-refractivity contribution in [2.24, 2.45) is 5.73 Å². The lowest BCUT2D eigenvalue weighted by molar-refractivity contribution is 0.00249. The van der Waals surface area contributed by atoms with Crippen LogP contribution < -0.4 is 5.73 Å². The molecule has 4 nitrogen and oxygen atoms in total. The Bertz CT molecular complexity index is 330. The molecule has 0 saturated carbocycles. The van der Waals surface area contributed by atoms with Gasteiger partial charge in [-0.2, -0.15) is 0 Å². The summed E-state index contributed by atoms with van der Waals surface area (Å²) in [6.45, 7) is 0.190. The summed E-state index contributed by atoms with van der Waals surface area (Å²) in [4.78, 5) is 11.8. The number of nitrogens with two attached hydrogens (primary N) is 1. The summed E-state index contributed by atoms with van der Waals surface area (Å²) in [5.74, 6) is -0.240. The fraction of sp³-hybridized carbons (Fsp3) is 0.300. The van der Waals surface area contributed by atoms with E-state index in [1.54, 1.807) is 24.3 Å². The van der Waals surface area contributed by atoms with Crippen LogP contribution in [0.5, 0.6) is 0 Å². The Labute approximate surface area is 81.6 Å². The Balaban J connectivity index is 2.24. The van der Waals surface area contributed by atoms with Crippen LogP contribution in [0, 0.1) is 0 Å². The van der Waals surface area contributed by atoms with E-state index in [9.17, 15) is 4.79 Å². The van der Waals surface area contributed by atoms with E-state index < -0.39 is 5.72 Å². The van der Waals surface area contributed by atoms with Crippen molar-refractivity contribution < 1.29 is 14.3 Å². The summed E-state index contributed by atoms with van der Waals surface area (Å²) in [6, 6.07) is 8.82. The van der Waals surface area contributed by atoms with E-state index in [2.05, 4.69) is 0 Å². The molecule has 1 heterocycles. The van der Waals surface area contributed by atoms with Crippen LogP contribution >= 0.6 is 0 Å². The van der Waals surface area contributed by atoms with E-state index >= 15 is 0 Å². The van der Waals surface area contributed by atoms with Gasteiger partial charge in [-0.05, 0) is 0 Å². The topological polar surface area (TPSA) is 61.6 Å². The molecule has 1 saturated heterocycles. The maximum Gasteiger partial charge on any atom is 0.211 e. The Morgan fingerprint density at radius 1 is 1.36 bits per heavy atom. The first kappa shape index (κ1) is 9.33. The summed E-state index contributed by atoms with van der Waals surface area (Å²) in [6.07, 6.45) is 0. The largest absolute Gasteiger partial charge is 0.350 e. The minimum Gasteiger partial charge on any atom is -0.350 e. The third-order valence-electron chi connectivity index (χ3n) is 2.14. The number of hydrogen-bond acceptors (Lipinski definition) is 4. The van der Waals surface area contributed by atoms with Crippen molar-refractivity contribution >= 4 is 5.78 Å². The lowest BCUT2D eigenvalue weighted by Crippen LogP contribution is -2.50. The van der Waals surface area contributed by atoms with Gasteiger partial charge in [-0.15, -0.1) is 0 Å². The first-order valence-corrected chi connectivity index (χ1v) is 4.33. The van der Waals surface area contributed by atoms with Crippen molar-refractivity contribution in [3.8, 4) is 0 Å². The van der Waals surface area contributed by atoms with Crippen LogP contribution in [0.15, 0.2) is 30.3 Å². The van der Waals surface area contributed by atoms with Crippen LogP contribution in [0.2, 0.25) is 0 Å². The second kappa shape index (κ2) is 3.49. The van der Waals surface area contributed by atoms with Crippen molar-refractivity contribution in [3.63, 3.8) is 0 Å². The van der Waals surface area contributed by atoms with Crippen LogP contribution in [0.3, 0.4) is 0 Å². The van der Waals surface area contributed by atoms with Gasteiger partial charge in [0.1, 0.15) is 6.79 Å². The highest BCUT2D eigenvalue weighted by atomic mass is 16.7. The molecule has 1 atom stereocenters. The molecular formula is C10H11NO3. The summed E-state index contributed by atoms with van der Waals surface area (Å²) in [7, 11) is 0. The molecule has 1 aliphatic heterocycles. The van der Waals surface area contributed by atoms with Crippen LogP contribution in [-0.4, -0.2) is 24.9 Å². The average molecular weight is 193 g/mol.